The maximum absolute atomic E-state index is 13.5. The van der Waals surface area contributed by atoms with Gasteiger partial charge in [0.2, 0.25) is 0 Å². The number of para-hydroxylation sites is 2. The number of phenols is 1. The van der Waals surface area contributed by atoms with E-state index < -0.39 is 6.04 Å². The minimum absolute atomic E-state index is 0.0913. The molecule has 2 aromatic carbocycles. The van der Waals surface area contributed by atoms with Crippen molar-refractivity contribution in [1.29, 1.82) is 0 Å². The van der Waals surface area contributed by atoms with Crippen LogP contribution in [0.2, 0.25) is 5.02 Å². The lowest BCUT2D eigenvalue weighted by Gasteiger charge is -2.29. The van der Waals surface area contributed by atoms with Gasteiger partial charge in [0.25, 0.3) is 0 Å². The largest absolute Gasteiger partial charge is 0.503 e. The first-order valence-electron chi connectivity index (χ1n) is 10.6. The Morgan fingerprint density at radius 2 is 1.97 bits per heavy atom. The van der Waals surface area contributed by atoms with E-state index in [1.165, 1.54) is 4.88 Å². The standard InChI is InChI=1S/C25H23ClN2O3S/c1-2-31-21-13-15(10-16(26)25(21)30)24-23-19(27-17-6-3-4-7-18(17)28-24)11-14(12-20(23)29)22-8-5-9-32-22/h3-10,13-14,24,27-28,30H,2,11-12H2,1H3/t14-,24+/m1/s1. The number of ketones is 1. The Morgan fingerprint density at radius 3 is 2.72 bits per heavy atom. The Balaban J connectivity index is 1.64. The van der Waals surface area contributed by atoms with Crippen molar-refractivity contribution in [2.24, 2.45) is 0 Å². The van der Waals surface area contributed by atoms with Crippen molar-refractivity contribution in [3.8, 4) is 11.5 Å². The molecule has 2 heterocycles. The molecule has 0 amide bonds. The zero-order valence-electron chi connectivity index (χ0n) is 17.5. The number of ether oxygens (including phenoxy) is 1. The van der Waals surface area contributed by atoms with E-state index in [4.69, 9.17) is 16.3 Å². The van der Waals surface area contributed by atoms with E-state index in [-0.39, 0.29) is 22.5 Å². The van der Waals surface area contributed by atoms with E-state index >= 15 is 0 Å². The van der Waals surface area contributed by atoms with Crippen LogP contribution in [0.5, 0.6) is 11.5 Å². The fraction of sp³-hybridized carbons (Fsp3) is 0.240. The van der Waals surface area contributed by atoms with Crippen LogP contribution in [0.4, 0.5) is 11.4 Å². The summed E-state index contributed by atoms with van der Waals surface area (Å²) < 4.78 is 5.60. The van der Waals surface area contributed by atoms with Crippen LogP contribution in [0.15, 0.2) is 65.2 Å². The quantitative estimate of drug-likeness (QED) is 0.410. The summed E-state index contributed by atoms with van der Waals surface area (Å²) in [6, 6.07) is 15.1. The number of hydrogen-bond acceptors (Lipinski definition) is 6. The molecule has 0 fully saturated rings. The first kappa shape index (κ1) is 20.9. The van der Waals surface area contributed by atoms with Crippen LogP contribution < -0.4 is 15.4 Å². The first-order valence-corrected chi connectivity index (χ1v) is 11.9. The zero-order chi connectivity index (χ0) is 22.2. The van der Waals surface area contributed by atoms with E-state index in [0.29, 0.717) is 24.4 Å². The van der Waals surface area contributed by atoms with E-state index in [1.807, 2.05) is 37.3 Å². The normalized spacial score (nSPS) is 20.0. The number of thiophene rings is 1. The number of carbonyl (C=O) groups is 1. The van der Waals surface area contributed by atoms with E-state index in [0.717, 1.165) is 29.1 Å². The average Bonchev–Trinajstić information content (AvgIpc) is 3.26. The second kappa shape index (κ2) is 8.52. The Bertz CT molecular complexity index is 1210. The van der Waals surface area contributed by atoms with Gasteiger partial charge in [-0.25, -0.2) is 0 Å². The number of carbonyl (C=O) groups excluding carboxylic acids is 1. The predicted octanol–water partition coefficient (Wildman–Crippen LogP) is 6.49. The number of aromatic hydroxyl groups is 1. The molecule has 7 heteroatoms. The maximum Gasteiger partial charge on any atom is 0.176 e. The van der Waals surface area contributed by atoms with Crippen molar-refractivity contribution in [3.05, 3.63) is 80.6 Å². The van der Waals surface area contributed by atoms with Crippen molar-refractivity contribution >= 4 is 40.1 Å². The smallest absolute Gasteiger partial charge is 0.176 e. The molecule has 0 bridgehead atoms. The lowest BCUT2D eigenvalue weighted by molar-refractivity contribution is -0.116. The van der Waals surface area contributed by atoms with Gasteiger partial charge in [0, 0.05) is 28.5 Å². The third-order valence-electron chi connectivity index (χ3n) is 5.94. The molecule has 0 spiro atoms. The highest BCUT2D eigenvalue weighted by molar-refractivity contribution is 7.10. The summed E-state index contributed by atoms with van der Waals surface area (Å²) in [5.74, 6) is 0.474. The third-order valence-corrected chi connectivity index (χ3v) is 7.26. The van der Waals surface area contributed by atoms with Gasteiger partial charge in [-0.15, -0.1) is 11.3 Å². The van der Waals surface area contributed by atoms with Gasteiger partial charge in [0.05, 0.1) is 29.0 Å². The van der Waals surface area contributed by atoms with Gasteiger partial charge >= 0.3 is 0 Å². The number of rotatable bonds is 4. The lowest BCUT2D eigenvalue weighted by atomic mass is 9.80. The summed E-state index contributed by atoms with van der Waals surface area (Å²) in [5.41, 5.74) is 4.22. The molecule has 0 saturated carbocycles. The van der Waals surface area contributed by atoms with Crippen molar-refractivity contribution in [2.75, 3.05) is 17.2 Å². The summed E-state index contributed by atoms with van der Waals surface area (Å²) in [6.07, 6.45) is 1.21. The van der Waals surface area contributed by atoms with Crippen LogP contribution in [0.1, 0.15) is 42.2 Å². The molecule has 0 saturated heterocycles. The molecular formula is C25H23ClN2O3S. The van der Waals surface area contributed by atoms with Crippen LogP contribution in [0.3, 0.4) is 0 Å². The molecule has 32 heavy (non-hydrogen) atoms. The minimum atomic E-state index is -0.421. The predicted molar refractivity (Wildman–Crippen MR) is 129 cm³/mol. The van der Waals surface area contributed by atoms with Crippen LogP contribution in [0, 0.1) is 0 Å². The molecule has 2 aliphatic rings. The number of allylic oxidation sites excluding steroid dienone is 1. The number of phenolic OH excluding ortho intramolecular Hbond substituents is 1. The molecule has 1 aliphatic carbocycles. The van der Waals surface area contributed by atoms with Crippen LogP contribution in [-0.4, -0.2) is 17.5 Å². The van der Waals surface area contributed by atoms with Crippen LogP contribution in [-0.2, 0) is 4.79 Å². The Hall–Kier alpha value is -2.96. The lowest BCUT2D eigenvalue weighted by Crippen LogP contribution is -2.26. The van der Waals surface area contributed by atoms with Crippen molar-refractivity contribution in [3.63, 3.8) is 0 Å². The number of benzene rings is 2. The fourth-order valence-electron chi connectivity index (χ4n) is 4.49. The first-order chi connectivity index (χ1) is 15.5. The van der Waals surface area contributed by atoms with E-state index in [2.05, 4.69) is 22.1 Å². The zero-order valence-corrected chi connectivity index (χ0v) is 19.1. The Labute approximate surface area is 195 Å². The van der Waals surface area contributed by atoms with Gasteiger partial charge in [-0.2, -0.15) is 0 Å². The van der Waals surface area contributed by atoms with Crippen molar-refractivity contribution in [1.82, 2.24) is 0 Å². The van der Waals surface area contributed by atoms with Crippen molar-refractivity contribution in [2.45, 2.75) is 31.7 Å². The Morgan fingerprint density at radius 1 is 1.16 bits per heavy atom. The molecule has 5 rings (SSSR count). The maximum atomic E-state index is 13.5. The SMILES string of the molecule is CCOc1cc([C@@H]2Nc3ccccc3NC3=C2C(=O)C[C@H](c2cccs2)C3)cc(Cl)c1O. The van der Waals surface area contributed by atoms with Crippen LogP contribution in [0.25, 0.3) is 0 Å². The highest BCUT2D eigenvalue weighted by Gasteiger charge is 2.36. The molecule has 3 N–H and O–H groups in total. The number of Topliss-reactive ketones (excluding diaryl/α,β-unsaturated/α-hetero) is 1. The molecule has 1 aliphatic heterocycles. The van der Waals surface area contributed by atoms with E-state index in [9.17, 15) is 9.90 Å². The number of nitrogens with one attached hydrogen (secondary N) is 2. The van der Waals surface area contributed by atoms with Gasteiger partial charge in [-0.3, -0.25) is 4.79 Å². The summed E-state index contributed by atoms with van der Waals surface area (Å²) >= 11 is 8.03. The summed E-state index contributed by atoms with van der Waals surface area (Å²) in [7, 11) is 0. The van der Waals surface area contributed by atoms with Gasteiger partial charge in [-0.05, 0) is 54.6 Å². The monoisotopic (exact) mass is 466 g/mol. The minimum Gasteiger partial charge on any atom is -0.503 e. The van der Waals surface area contributed by atoms with Gasteiger partial charge < -0.3 is 20.5 Å². The molecule has 3 aromatic rings. The van der Waals surface area contributed by atoms with Gasteiger partial charge in [0.15, 0.2) is 17.3 Å². The highest BCUT2D eigenvalue weighted by atomic mass is 35.5. The van der Waals surface area contributed by atoms with Gasteiger partial charge in [-0.1, -0.05) is 29.8 Å². The number of hydrogen-bond donors (Lipinski definition) is 3. The topological polar surface area (TPSA) is 70.6 Å². The number of anilines is 2. The van der Waals surface area contributed by atoms with Crippen LogP contribution >= 0.6 is 22.9 Å². The second-order valence-electron chi connectivity index (χ2n) is 7.97. The third kappa shape index (κ3) is 3.74. The molecule has 0 unspecified atom stereocenters. The second-order valence-corrected chi connectivity index (χ2v) is 9.35. The summed E-state index contributed by atoms with van der Waals surface area (Å²) in [6.45, 7) is 2.24. The number of fused-ring (bicyclic) bond motifs is 1. The average molecular weight is 467 g/mol. The number of halogens is 1. The molecule has 1 aromatic heterocycles. The molecule has 0 radical (unpaired) electrons. The fourth-order valence-corrected chi connectivity index (χ4v) is 5.54. The summed E-state index contributed by atoms with van der Waals surface area (Å²) in [4.78, 5) is 14.8. The molecule has 164 valence electrons. The summed E-state index contributed by atoms with van der Waals surface area (Å²) in [5, 5.41) is 19.6. The molecule has 5 nitrogen and oxygen atoms in total. The molecular weight excluding hydrogens is 444 g/mol. The molecule has 2 atom stereocenters. The van der Waals surface area contributed by atoms with E-state index in [1.54, 1.807) is 23.5 Å². The van der Waals surface area contributed by atoms with Crippen molar-refractivity contribution < 1.29 is 14.6 Å². The highest BCUT2D eigenvalue weighted by Crippen LogP contribution is 2.46. The Kier molecular flexibility index (Phi) is 5.57. The van der Waals surface area contributed by atoms with Gasteiger partial charge in [0.1, 0.15) is 0 Å².